The van der Waals surface area contributed by atoms with Crippen molar-refractivity contribution < 1.29 is 82.0 Å². The topological polar surface area (TPSA) is 257 Å². The van der Waals surface area contributed by atoms with Crippen molar-refractivity contribution in [3.05, 3.63) is 95.1 Å². The molecule has 0 unspecified atom stereocenters. The largest absolute Gasteiger partial charge is 0.466 e. The molecule has 0 aromatic heterocycles. The zero-order valence-corrected chi connectivity index (χ0v) is 50.2. The van der Waals surface area contributed by atoms with E-state index in [1.165, 1.54) is 78.4 Å². The number of rotatable bonds is 28. The van der Waals surface area contributed by atoms with E-state index < -0.39 is 137 Å². The molecule has 1 heterocycles. The summed E-state index contributed by atoms with van der Waals surface area (Å²) in [7, 11) is 0. The Bertz CT molecular complexity index is 2610. The first-order valence-electron chi connectivity index (χ1n) is 30.0. The molecule has 458 valence electrons. The third-order valence-electron chi connectivity index (χ3n) is 17.3. The minimum atomic E-state index is -2.46. The van der Waals surface area contributed by atoms with Gasteiger partial charge in [-0.2, -0.15) is 0 Å². The summed E-state index contributed by atoms with van der Waals surface area (Å²) < 4.78 is 41.7. The summed E-state index contributed by atoms with van der Waals surface area (Å²) in [5.41, 5.74) is -8.79. The lowest BCUT2D eigenvalue weighted by Gasteiger charge is -2.67. The van der Waals surface area contributed by atoms with Gasteiger partial charge in [0.2, 0.25) is 6.10 Å². The quantitative estimate of drug-likeness (QED) is 0.0267. The zero-order chi connectivity index (χ0) is 60.8. The van der Waals surface area contributed by atoms with Crippen LogP contribution in [0.4, 0.5) is 4.79 Å². The average molecular weight is 1160 g/mol. The van der Waals surface area contributed by atoms with E-state index in [4.69, 9.17) is 33.2 Å². The molecule has 2 bridgehead atoms. The van der Waals surface area contributed by atoms with Crippen LogP contribution in [0.3, 0.4) is 0 Å². The summed E-state index contributed by atoms with van der Waals surface area (Å²) in [5, 5.41) is 41.1. The molecule has 11 atom stereocenters. The number of fused-ring (bicyclic) bond motifs is 5. The van der Waals surface area contributed by atoms with Gasteiger partial charge < -0.3 is 53.8 Å². The number of unbranched alkanes of at least 4 members (excludes halogenated alkanes) is 12. The number of benzene rings is 2. The van der Waals surface area contributed by atoms with Gasteiger partial charge in [0.1, 0.15) is 41.7 Å². The normalized spacial score (nSPS) is 27.1. The number of allylic oxidation sites excluding steroid dienone is 2. The minimum Gasteiger partial charge on any atom is -0.466 e. The Morgan fingerprint density at radius 3 is 1.95 bits per heavy atom. The number of alkyl carbamates (subject to hydrolysis) is 1. The third kappa shape index (κ3) is 15.9. The van der Waals surface area contributed by atoms with Gasteiger partial charge in [-0.3, -0.25) is 19.2 Å². The highest BCUT2D eigenvalue weighted by molar-refractivity contribution is 5.94. The van der Waals surface area contributed by atoms with E-state index in [0.717, 1.165) is 51.9 Å². The van der Waals surface area contributed by atoms with Crippen molar-refractivity contribution in [1.82, 2.24) is 5.32 Å². The predicted octanol–water partition coefficient (Wildman–Crippen LogP) is 10.2. The Morgan fingerprint density at radius 2 is 1.37 bits per heavy atom. The van der Waals surface area contributed by atoms with Crippen LogP contribution >= 0.6 is 0 Å². The van der Waals surface area contributed by atoms with Crippen LogP contribution in [0.25, 0.3) is 0 Å². The molecule has 6 rings (SSSR count). The van der Waals surface area contributed by atoms with E-state index in [9.17, 15) is 39.3 Å². The van der Waals surface area contributed by atoms with Gasteiger partial charge in [0.05, 0.1) is 49.1 Å². The van der Waals surface area contributed by atoms with Gasteiger partial charge in [0.15, 0.2) is 11.4 Å². The molecule has 2 saturated carbocycles. The van der Waals surface area contributed by atoms with Gasteiger partial charge >= 0.3 is 35.9 Å². The van der Waals surface area contributed by atoms with E-state index in [1.54, 1.807) is 69.3 Å². The van der Waals surface area contributed by atoms with Crippen LogP contribution in [0.5, 0.6) is 0 Å². The van der Waals surface area contributed by atoms with E-state index >= 15 is 9.59 Å². The molecule has 3 fully saturated rings. The summed E-state index contributed by atoms with van der Waals surface area (Å²) in [6, 6.07) is 14.4. The SMILES string of the molecule is CCCCCCCC/C=C\CCCCCCCCOC(=O)CCC(=O)O[C@@H](C(=O)O[C@H]1C[C@@]2(O)[C@@H](OC(=O)c3ccccc3)[C@@H]3[C@]4(OC(C)=O)CO[C@@H]4C[C@H](O)[C@@]3(C)C(=O)[C@H](O)C(=C1C)C2(C)C)[C@@H](NC(=O)OC(C)(C)C)c1ccccc1. The Balaban J connectivity index is 1.24. The molecule has 1 amide bonds. The second-order valence-electron chi connectivity index (χ2n) is 24.7. The predicted molar refractivity (Wildman–Crippen MR) is 307 cm³/mol. The smallest absolute Gasteiger partial charge is 0.408 e. The first kappa shape index (κ1) is 66.2. The lowest BCUT2D eigenvalue weighted by atomic mass is 9.44. The molecule has 18 nitrogen and oxygen atoms in total. The lowest BCUT2D eigenvalue weighted by molar-refractivity contribution is -0.346. The Kier molecular flexibility index (Phi) is 23.3. The number of ketones is 1. The summed E-state index contributed by atoms with van der Waals surface area (Å²) in [6.45, 7) is 14.0. The Hall–Kier alpha value is -5.95. The number of esters is 5. The number of aliphatic hydroxyl groups is 3. The van der Waals surface area contributed by atoms with Crippen LogP contribution in [0.2, 0.25) is 0 Å². The maximum atomic E-state index is 15.3. The van der Waals surface area contributed by atoms with Crippen molar-refractivity contribution in [2.75, 3.05) is 13.2 Å². The van der Waals surface area contributed by atoms with Gasteiger partial charge in [-0.25, -0.2) is 14.4 Å². The number of Topliss-reactive ketones (excluding diaryl/α,β-unsaturated/α-hetero) is 1. The fourth-order valence-electron chi connectivity index (χ4n) is 12.7. The second-order valence-corrected chi connectivity index (χ2v) is 24.7. The summed E-state index contributed by atoms with van der Waals surface area (Å²) in [4.78, 5) is 98.7. The highest BCUT2D eigenvalue weighted by Gasteiger charge is 2.78. The van der Waals surface area contributed by atoms with Crippen LogP contribution in [-0.2, 0) is 57.1 Å². The molecule has 1 saturated heterocycles. The fraction of sp³-hybridized carbons (Fsp3) is 0.646. The number of amides is 1. The molecule has 2 aromatic carbocycles. The van der Waals surface area contributed by atoms with Gasteiger partial charge in [0.25, 0.3) is 0 Å². The molecule has 1 aliphatic heterocycles. The molecule has 0 spiro atoms. The number of ether oxygens (including phenoxy) is 7. The Morgan fingerprint density at radius 1 is 0.795 bits per heavy atom. The highest BCUT2D eigenvalue weighted by Crippen LogP contribution is 2.64. The van der Waals surface area contributed by atoms with Crippen LogP contribution in [-0.4, -0.2) is 124 Å². The van der Waals surface area contributed by atoms with Crippen molar-refractivity contribution >= 4 is 41.7 Å². The number of aliphatic hydroxyl groups excluding tert-OH is 2. The molecule has 0 radical (unpaired) electrons. The number of carbonyl (C=O) groups is 7. The number of carbonyl (C=O) groups excluding carboxylic acids is 7. The molecule has 83 heavy (non-hydrogen) atoms. The summed E-state index contributed by atoms with van der Waals surface area (Å²) >= 11 is 0. The fourth-order valence-corrected chi connectivity index (χ4v) is 12.7. The summed E-state index contributed by atoms with van der Waals surface area (Å²) in [6.07, 6.45) is 7.41. The van der Waals surface area contributed by atoms with Crippen molar-refractivity contribution in [3.8, 4) is 0 Å². The molecule has 3 aliphatic carbocycles. The molecule has 2 aromatic rings. The zero-order valence-electron chi connectivity index (χ0n) is 50.2. The van der Waals surface area contributed by atoms with Gasteiger partial charge in [-0.1, -0.05) is 139 Å². The van der Waals surface area contributed by atoms with Crippen LogP contribution in [0, 0.1) is 16.7 Å². The standard InChI is InChI=1S/C65H91NO17/c1-10-11-12-13-14-15-16-17-18-19-20-21-22-23-24-31-38-77-49(69)36-37-50(70)80-54(52(44-32-27-25-28-33-44)66-60(75)83-61(4,5)6)59(74)79-46-40-65(76)57(81-58(73)45-34-29-26-30-35-45)55-63(9,56(72)53(71)51(42(46)2)62(65,7)8)47(68)39-48-64(55,41-78-48)82-43(3)67/h17-18,25-30,32-35,46-48,52-55,57,68,71,76H,10-16,19-24,31,36-41H2,1-9H3,(H,66,75)/b18-17-/t46-,47-,48+,52-,53+,54+,55-,57-,63+,64-,65+/m0/s1. The van der Waals surface area contributed by atoms with Crippen molar-refractivity contribution in [1.29, 1.82) is 0 Å². The molecule has 18 heteroatoms. The van der Waals surface area contributed by atoms with E-state index in [0.29, 0.717) is 6.42 Å². The number of nitrogens with one attached hydrogen (secondary N) is 1. The first-order valence-corrected chi connectivity index (χ1v) is 30.0. The van der Waals surface area contributed by atoms with Crippen molar-refractivity contribution in [2.45, 2.75) is 237 Å². The molecule has 4 aliphatic rings. The maximum absolute atomic E-state index is 15.3. The molecule has 4 N–H and O–H groups in total. The van der Waals surface area contributed by atoms with Gasteiger partial charge in [-0.15, -0.1) is 0 Å². The highest BCUT2D eigenvalue weighted by atomic mass is 16.6. The van der Waals surface area contributed by atoms with Crippen LogP contribution < -0.4 is 5.32 Å². The second kappa shape index (κ2) is 29.2. The van der Waals surface area contributed by atoms with Crippen molar-refractivity contribution in [2.24, 2.45) is 16.7 Å². The van der Waals surface area contributed by atoms with Gasteiger partial charge in [-0.05, 0) is 95.6 Å². The first-order chi connectivity index (χ1) is 39.3. The average Bonchev–Trinajstić information content (AvgIpc) is 1.31. The monoisotopic (exact) mass is 1160 g/mol. The van der Waals surface area contributed by atoms with E-state index in [1.807, 2.05) is 0 Å². The summed E-state index contributed by atoms with van der Waals surface area (Å²) in [5.74, 6) is -7.27. The van der Waals surface area contributed by atoms with Crippen molar-refractivity contribution in [3.63, 3.8) is 0 Å². The van der Waals surface area contributed by atoms with Crippen LogP contribution in [0.15, 0.2) is 84.0 Å². The lowest BCUT2D eigenvalue weighted by Crippen LogP contribution is -2.81. The molecular formula is C65H91NO17. The van der Waals surface area contributed by atoms with Gasteiger partial charge in [0, 0.05) is 25.2 Å². The van der Waals surface area contributed by atoms with E-state index in [-0.39, 0.29) is 41.9 Å². The van der Waals surface area contributed by atoms with Crippen LogP contribution in [0.1, 0.15) is 200 Å². The molecular weight excluding hydrogens is 1070 g/mol. The van der Waals surface area contributed by atoms with E-state index in [2.05, 4.69) is 24.4 Å². The number of hydrogen-bond donors (Lipinski definition) is 4. The Labute approximate surface area is 489 Å². The minimum absolute atomic E-state index is 0.0465. The maximum Gasteiger partial charge on any atom is 0.408 e. The number of hydrogen-bond acceptors (Lipinski definition) is 17. The third-order valence-corrected chi connectivity index (χ3v) is 17.3.